The summed E-state index contributed by atoms with van der Waals surface area (Å²) in [6.07, 6.45) is 1.23. The number of benzene rings is 2. The van der Waals surface area contributed by atoms with E-state index in [0.29, 0.717) is 17.9 Å². The second kappa shape index (κ2) is 7.75. The molecule has 0 spiro atoms. The first-order valence-electron chi connectivity index (χ1n) is 10.4. The van der Waals surface area contributed by atoms with E-state index in [-0.39, 0.29) is 24.9 Å². The summed E-state index contributed by atoms with van der Waals surface area (Å²) in [5.41, 5.74) is 2.06. The number of carbonyl (C=O) groups excluding carboxylic acids is 1. The van der Waals surface area contributed by atoms with Gasteiger partial charge in [-0.15, -0.1) is 0 Å². The van der Waals surface area contributed by atoms with E-state index >= 15 is 0 Å². The Morgan fingerprint density at radius 2 is 1.90 bits per heavy atom. The molecule has 2 atom stereocenters. The zero-order chi connectivity index (χ0) is 22.4. The number of fused-ring (bicyclic) bond motifs is 2. The van der Waals surface area contributed by atoms with Gasteiger partial charge in [0, 0.05) is 24.9 Å². The maximum Gasteiger partial charge on any atom is 0.261 e. The number of amides is 1. The molecule has 1 N–H and O–H groups in total. The number of nitrogens with one attached hydrogen (secondary N) is 1. The molecule has 0 bridgehead atoms. The second-order valence-electron chi connectivity index (χ2n) is 8.87. The standard InChI is InChI=1S/C23H28N2O5S/c1-15-9-10-19-16(13-15)17(14-23(2,3)30-19)24-22(26)21-11-12-25(31(4,27)28)18-7-5-6-8-20(18)29-21/h5-10,13,17,21H,11-12,14H2,1-4H3,(H,24,26)/t17-,21-/m0/s1. The molecule has 0 fully saturated rings. The fraction of sp³-hybridized carbons (Fsp3) is 0.435. The zero-order valence-electron chi connectivity index (χ0n) is 18.2. The third kappa shape index (κ3) is 4.49. The van der Waals surface area contributed by atoms with E-state index in [4.69, 9.17) is 9.47 Å². The molecule has 166 valence electrons. The van der Waals surface area contributed by atoms with Crippen LogP contribution in [-0.2, 0) is 14.8 Å². The Kier molecular flexibility index (Phi) is 5.37. The number of para-hydroxylation sites is 2. The van der Waals surface area contributed by atoms with Crippen LogP contribution >= 0.6 is 0 Å². The molecule has 2 aliphatic rings. The minimum Gasteiger partial charge on any atom is -0.487 e. The first-order valence-corrected chi connectivity index (χ1v) is 12.2. The molecule has 0 aliphatic carbocycles. The normalized spacial score (nSPS) is 22.3. The Bertz CT molecular complexity index is 1110. The Morgan fingerprint density at radius 3 is 2.65 bits per heavy atom. The van der Waals surface area contributed by atoms with Gasteiger partial charge in [0.25, 0.3) is 5.91 Å². The molecule has 0 saturated carbocycles. The molecule has 0 aromatic heterocycles. The number of carbonyl (C=O) groups is 1. The summed E-state index contributed by atoms with van der Waals surface area (Å²) in [6, 6.07) is 12.6. The Labute approximate surface area is 183 Å². The third-order valence-electron chi connectivity index (χ3n) is 5.63. The van der Waals surface area contributed by atoms with Crippen LogP contribution < -0.4 is 19.1 Å². The summed E-state index contributed by atoms with van der Waals surface area (Å²) in [4.78, 5) is 13.2. The Morgan fingerprint density at radius 1 is 1.16 bits per heavy atom. The van der Waals surface area contributed by atoms with Gasteiger partial charge in [-0.05, 0) is 39.0 Å². The van der Waals surface area contributed by atoms with Crippen molar-refractivity contribution in [3.63, 3.8) is 0 Å². The first kappa shape index (κ1) is 21.5. The summed E-state index contributed by atoms with van der Waals surface area (Å²) in [5.74, 6) is 0.886. The van der Waals surface area contributed by atoms with Crippen molar-refractivity contribution < 1.29 is 22.7 Å². The lowest BCUT2D eigenvalue weighted by molar-refractivity contribution is -0.129. The van der Waals surface area contributed by atoms with Crippen molar-refractivity contribution in [1.29, 1.82) is 0 Å². The van der Waals surface area contributed by atoms with Crippen molar-refractivity contribution in [3.8, 4) is 11.5 Å². The van der Waals surface area contributed by atoms with Gasteiger partial charge >= 0.3 is 0 Å². The molecule has 2 aromatic carbocycles. The van der Waals surface area contributed by atoms with Gasteiger partial charge in [0.1, 0.15) is 17.1 Å². The predicted molar refractivity (Wildman–Crippen MR) is 119 cm³/mol. The van der Waals surface area contributed by atoms with Crippen molar-refractivity contribution in [1.82, 2.24) is 5.32 Å². The van der Waals surface area contributed by atoms with Crippen LogP contribution in [0.4, 0.5) is 5.69 Å². The van der Waals surface area contributed by atoms with Gasteiger partial charge in [-0.1, -0.05) is 29.8 Å². The second-order valence-corrected chi connectivity index (χ2v) is 10.8. The Balaban J connectivity index is 1.59. The van der Waals surface area contributed by atoms with Crippen molar-refractivity contribution in [2.75, 3.05) is 17.1 Å². The van der Waals surface area contributed by atoms with Gasteiger partial charge < -0.3 is 14.8 Å². The molecule has 0 radical (unpaired) electrons. The third-order valence-corrected chi connectivity index (χ3v) is 6.81. The largest absolute Gasteiger partial charge is 0.487 e. The highest BCUT2D eigenvalue weighted by Crippen LogP contribution is 2.40. The maximum atomic E-state index is 13.2. The van der Waals surface area contributed by atoms with Crippen LogP contribution in [-0.4, -0.2) is 38.8 Å². The average molecular weight is 445 g/mol. The molecule has 7 nitrogen and oxygen atoms in total. The molecule has 31 heavy (non-hydrogen) atoms. The summed E-state index contributed by atoms with van der Waals surface area (Å²) in [6.45, 7) is 6.17. The van der Waals surface area contributed by atoms with Crippen molar-refractivity contribution in [3.05, 3.63) is 53.6 Å². The highest BCUT2D eigenvalue weighted by atomic mass is 32.2. The molecule has 8 heteroatoms. The number of nitrogens with zero attached hydrogens (tertiary/aromatic N) is 1. The average Bonchev–Trinajstić information content (AvgIpc) is 2.87. The van der Waals surface area contributed by atoms with Gasteiger partial charge in [0.15, 0.2) is 6.10 Å². The van der Waals surface area contributed by atoms with Gasteiger partial charge in [0.05, 0.1) is 18.0 Å². The predicted octanol–water partition coefficient (Wildman–Crippen LogP) is 3.33. The SMILES string of the molecule is Cc1ccc2c(c1)[C@@H](NC(=O)[C@@H]1CCN(S(C)(=O)=O)c3ccccc3O1)CC(C)(C)O2. The van der Waals surface area contributed by atoms with E-state index in [1.54, 1.807) is 24.3 Å². The number of sulfonamides is 1. The number of ether oxygens (including phenoxy) is 2. The van der Waals surface area contributed by atoms with E-state index in [1.165, 1.54) is 4.31 Å². The molecule has 1 amide bonds. The van der Waals surface area contributed by atoms with Gasteiger partial charge in [-0.2, -0.15) is 0 Å². The number of rotatable bonds is 3. The van der Waals surface area contributed by atoms with Crippen molar-refractivity contribution in [2.24, 2.45) is 0 Å². The quantitative estimate of drug-likeness (QED) is 0.785. The van der Waals surface area contributed by atoms with Crippen LogP contribution in [0.3, 0.4) is 0 Å². The van der Waals surface area contributed by atoms with Crippen LogP contribution in [0.2, 0.25) is 0 Å². The summed E-state index contributed by atoms with van der Waals surface area (Å²) in [7, 11) is -3.49. The zero-order valence-corrected chi connectivity index (χ0v) is 19.0. The van der Waals surface area contributed by atoms with E-state index in [2.05, 4.69) is 5.32 Å². The highest BCUT2D eigenvalue weighted by Gasteiger charge is 2.37. The Hall–Kier alpha value is -2.74. The summed E-state index contributed by atoms with van der Waals surface area (Å²) < 4.78 is 38.0. The summed E-state index contributed by atoms with van der Waals surface area (Å²) >= 11 is 0. The smallest absolute Gasteiger partial charge is 0.261 e. The van der Waals surface area contributed by atoms with E-state index in [0.717, 1.165) is 23.1 Å². The van der Waals surface area contributed by atoms with Crippen LogP contribution in [0.1, 0.15) is 43.9 Å². The minimum absolute atomic E-state index is 0.170. The fourth-order valence-electron chi connectivity index (χ4n) is 4.23. The summed E-state index contributed by atoms with van der Waals surface area (Å²) in [5, 5.41) is 3.13. The molecule has 0 unspecified atom stereocenters. The lowest BCUT2D eigenvalue weighted by Crippen LogP contribution is -2.46. The lowest BCUT2D eigenvalue weighted by Gasteiger charge is -2.38. The maximum absolute atomic E-state index is 13.2. The molecule has 2 aliphatic heterocycles. The minimum atomic E-state index is -3.49. The van der Waals surface area contributed by atoms with E-state index < -0.39 is 21.7 Å². The number of hydrogen-bond acceptors (Lipinski definition) is 5. The topological polar surface area (TPSA) is 84.9 Å². The van der Waals surface area contributed by atoms with Crippen LogP contribution in [0.5, 0.6) is 11.5 Å². The van der Waals surface area contributed by atoms with Gasteiger partial charge in [-0.3, -0.25) is 9.10 Å². The van der Waals surface area contributed by atoms with Gasteiger partial charge in [-0.25, -0.2) is 8.42 Å². The fourth-order valence-corrected chi connectivity index (χ4v) is 5.17. The monoisotopic (exact) mass is 444 g/mol. The number of anilines is 1. The van der Waals surface area contributed by atoms with Crippen molar-refractivity contribution >= 4 is 21.6 Å². The van der Waals surface area contributed by atoms with Crippen LogP contribution in [0.15, 0.2) is 42.5 Å². The highest BCUT2D eigenvalue weighted by molar-refractivity contribution is 7.92. The van der Waals surface area contributed by atoms with Crippen molar-refractivity contribution in [2.45, 2.75) is 51.4 Å². The van der Waals surface area contributed by atoms with Crippen LogP contribution in [0.25, 0.3) is 0 Å². The first-order chi connectivity index (χ1) is 14.5. The molecular formula is C23H28N2O5S. The number of aryl methyl sites for hydroxylation is 1. The molecule has 2 aromatic rings. The van der Waals surface area contributed by atoms with Crippen LogP contribution in [0, 0.1) is 6.92 Å². The lowest BCUT2D eigenvalue weighted by atomic mass is 9.88. The van der Waals surface area contributed by atoms with Gasteiger partial charge in [0.2, 0.25) is 10.0 Å². The number of hydrogen-bond donors (Lipinski definition) is 1. The van der Waals surface area contributed by atoms with E-state index in [1.807, 2.05) is 39.0 Å². The molecular weight excluding hydrogens is 416 g/mol. The molecule has 0 saturated heterocycles. The molecule has 4 rings (SSSR count). The van der Waals surface area contributed by atoms with E-state index in [9.17, 15) is 13.2 Å². The molecule has 2 heterocycles.